The standard InChI is InChI=1S/C8H8FNO6S/c1-15-5-16-8-4-6(17(9,13)14)2-3-7(8)10(11)12/h2-4H,5H2,1H3. The van der Waals surface area contributed by atoms with Gasteiger partial charge < -0.3 is 9.47 Å². The molecular formula is C8H8FNO6S. The maximum Gasteiger partial charge on any atom is 0.332 e. The van der Waals surface area contributed by atoms with E-state index in [4.69, 9.17) is 4.74 Å². The Hall–Kier alpha value is -1.74. The lowest BCUT2D eigenvalue weighted by molar-refractivity contribution is -0.386. The Morgan fingerprint density at radius 1 is 1.47 bits per heavy atom. The Morgan fingerprint density at radius 2 is 2.12 bits per heavy atom. The first-order chi connectivity index (χ1) is 7.86. The Morgan fingerprint density at radius 3 is 2.59 bits per heavy atom. The van der Waals surface area contributed by atoms with E-state index in [0.29, 0.717) is 0 Å². The van der Waals surface area contributed by atoms with Crippen LogP contribution in [0.4, 0.5) is 9.57 Å². The van der Waals surface area contributed by atoms with Gasteiger partial charge in [0.25, 0.3) is 0 Å². The molecule has 0 fully saturated rings. The summed E-state index contributed by atoms with van der Waals surface area (Å²) in [5.41, 5.74) is -0.477. The van der Waals surface area contributed by atoms with Crippen LogP contribution in [0.15, 0.2) is 23.1 Å². The second-order valence-corrected chi connectivity index (χ2v) is 4.22. The van der Waals surface area contributed by atoms with Gasteiger partial charge in [-0.15, -0.1) is 3.89 Å². The molecule has 0 saturated heterocycles. The van der Waals surface area contributed by atoms with Crippen LogP contribution in [-0.2, 0) is 15.0 Å². The van der Waals surface area contributed by atoms with Crippen molar-refractivity contribution in [1.82, 2.24) is 0 Å². The molecule has 0 aliphatic carbocycles. The van der Waals surface area contributed by atoms with Gasteiger partial charge in [0.15, 0.2) is 6.79 Å². The molecule has 0 N–H and O–H groups in total. The van der Waals surface area contributed by atoms with Crippen LogP contribution >= 0.6 is 0 Å². The lowest BCUT2D eigenvalue weighted by Gasteiger charge is -2.05. The minimum Gasteiger partial charge on any atom is -0.460 e. The third-order valence-corrected chi connectivity index (χ3v) is 2.56. The van der Waals surface area contributed by atoms with Gasteiger partial charge >= 0.3 is 15.9 Å². The van der Waals surface area contributed by atoms with Crippen molar-refractivity contribution < 1.29 is 26.7 Å². The molecule has 0 aliphatic rings. The Balaban J connectivity index is 3.24. The number of nitrogens with zero attached hydrogens (tertiary/aromatic N) is 1. The largest absolute Gasteiger partial charge is 0.460 e. The Kier molecular flexibility index (Phi) is 3.97. The fourth-order valence-electron chi connectivity index (χ4n) is 1.03. The minimum absolute atomic E-state index is 0.323. The van der Waals surface area contributed by atoms with Crippen molar-refractivity contribution in [3.05, 3.63) is 28.3 Å². The molecule has 0 spiro atoms. The molecule has 17 heavy (non-hydrogen) atoms. The molecule has 0 atom stereocenters. The van der Waals surface area contributed by atoms with Crippen LogP contribution < -0.4 is 4.74 Å². The van der Waals surface area contributed by atoms with Gasteiger partial charge in [0.2, 0.25) is 5.75 Å². The summed E-state index contributed by atoms with van der Waals surface area (Å²) in [4.78, 5) is 9.10. The van der Waals surface area contributed by atoms with E-state index >= 15 is 0 Å². The maximum absolute atomic E-state index is 12.7. The van der Waals surface area contributed by atoms with Gasteiger partial charge in [-0.3, -0.25) is 10.1 Å². The number of rotatable bonds is 5. The van der Waals surface area contributed by atoms with Crippen molar-refractivity contribution in [3.63, 3.8) is 0 Å². The van der Waals surface area contributed by atoms with Crippen LogP contribution in [0.3, 0.4) is 0 Å². The SMILES string of the molecule is COCOc1cc(S(=O)(=O)F)ccc1[N+](=O)[O-]. The summed E-state index contributed by atoms with van der Waals surface area (Å²) in [6, 6.07) is 2.36. The summed E-state index contributed by atoms with van der Waals surface area (Å²) < 4.78 is 43.2. The lowest BCUT2D eigenvalue weighted by Crippen LogP contribution is -2.03. The number of benzene rings is 1. The molecule has 1 rings (SSSR count). The molecule has 0 unspecified atom stereocenters. The number of methoxy groups -OCH3 is 1. The van der Waals surface area contributed by atoms with E-state index in [1.54, 1.807) is 0 Å². The van der Waals surface area contributed by atoms with E-state index in [9.17, 15) is 22.4 Å². The zero-order valence-corrected chi connectivity index (χ0v) is 9.44. The van der Waals surface area contributed by atoms with Crippen molar-refractivity contribution in [3.8, 4) is 5.75 Å². The van der Waals surface area contributed by atoms with Gasteiger partial charge in [-0.1, -0.05) is 0 Å². The van der Waals surface area contributed by atoms with Gasteiger partial charge in [-0.25, -0.2) is 0 Å². The van der Waals surface area contributed by atoms with Crippen molar-refractivity contribution in [2.24, 2.45) is 0 Å². The molecule has 0 radical (unpaired) electrons. The summed E-state index contributed by atoms with van der Waals surface area (Å²) in [7, 11) is -3.66. The average Bonchev–Trinajstić information content (AvgIpc) is 2.24. The third-order valence-electron chi connectivity index (χ3n) is 1.74. The van der Waals surface area contributed by atoms with Crippen molar-refractivity contribution in [1.29, 1.82) is 0 Å². The number of hydrogen-bond acceptors (Lipinski definition) is 6. The number of nitro groups is 1. The zero-order valence-electron chi connectivity index (χ0n) is 8.62. The van der Waals surface area contributed by atoms with Gasteiger partial charge in [-0.05, 0) is 6.07 Å². The maximum atomic E-state index is 12.7. The van der Waals surface area contributed by atoms with Crippen LogP contribution in [0.25, 0.3) is 0 Å². The molecule has 7 nitrogen and oxygen atoms in total. The predicted molar refractivity (Wildman–Crippen MR) is 53.9 cm³/mol. The fourth-order valence-corrected chi connectivity index (χ4v) is 1.51. The first kappa shape index (κ1) is 13.3. The molecule has 0 amide bonds. The van der Waals surface area contributed by atoms with E-state index < -0.39 is 25.7 Å². The van der Waals surface area contributed by atoms with Crippen molar-refractivity contribution in [2.75, 3.05) is 13.9 Å². The first-order valence-electron chi connectivity index (χ1n) is 4.21. The third kappa shape index (κ3) is 3.36. The topological polar surface area (TPSA) is 95.7 Å². The normalized spacial score (nSPS) is 11.2. The molecule has 0 aliphatic heterocycles. The van der Waals surface area contributed by atoms with Gasteiger partial charge in [0.05, 0.1) is 4.92 Å². The number of hydrogen-bond donors (Lipinski definition) is 0. The summed E-state index contributed by atoms with van der Waals surface area (Å²) in [6.07, 6.45) is 0. The quantitative estimate of drug-likeness (QED) is 0.344. The van der Waals surface area contributed by atoms with E-state index in [0.717, 1.165) is 18.2 Å². The number of halogens is 1. The zero-order chi connectivity index (χ0) is 13.1. The molecule has 1 aromatic rings. The lowest BCUT2D eigenvalue weighted by atomic mass is 10.3. The number of ether oxygens (including phenoxy) is 2. The smallest absolute Gasteiger partial charge is 0.332 e. The van der Waals surface area contributed by atoms with Crippen molar-refractivity contribution in [2.45, 2.75) is 4.90 Å². The monoisotopic (exact) mass is 265 g/mol. The van der Waals surface area contributed by atoms with E-state index in [2.05, 4.69) is 4.74 Å². The van der Waals surface area contributed by atoms with Crippen LogP contribution in [0, 0.1) is 10.1 Å². The van der Waals surface area contributed by atoms with E-state index in [1.807, 2.05) is 0 Å². The molecule has 1 aromatic carbocycles. The second-order valence-electron chi connectivity index (χ2n) is 2.88. The molecule has 9 heteroatoms. The predicted octanol–water partition coefficient (Wildman–Crippen LogP) is 1.24. The average molecular weight is 265 g/mol. The molecule has 94 valence electrons. The van der Waals surface area contributed by atoms with Gasteiger partial charge in [0, 0.05) is 19.2 Å². The minimum atomic E-state index is -4.94. The Bertz CT molecular complexity index is 529. The molecule has 0 bridgehead atoms. The number of nitro benzene ring substituents is 1. The highest BCUT2D eigenvalue weighted by molar-refractivity contribution is 7.86. The second kappa shape index (κ2) is 5.06. The van der Waals surface area contributed by atoms with Gasteiger partial charge in [-0.2, -0.15) is 8.42 Å². The highest BCUT2D eigenvalue weighted by Crippen LogP contribution is 2.30. The van der Waals surface area contributed by atoms with Crippen molar-refractivity contribution >= 4 is 15.9 Å². The van der Waals surface area contributed by atoms with Crippen LogP contribution in [-0.4, -0.2) is 27.2 Å². The highest BCUT2D eigenvalue weighted by atomic mass is 32.3. The van der Waals surface area contributed by atoms with Crippen LogP contribution in [0.2, 0.25) is 0 Å². The summed E-state index contributed by atoms with van der Waals surface area (Å²) in [5.74, 6) is -0.379. The summed E-state index contributed by atoms with van der Waals surface area (Å²) in [5, 5.41) is 10.6. The molecule has 0 heterocycles. The van der Waals surface area contributed by atoms with Crippen LogP contribution in [0.1, 0.15) is 0 Å². The molecule has 0 aromatic heterocycles. The van der Waals surface area contributed by atoms with E-state index in [1.165, 1.54) is 7.11 Å². The van der Waals surface area contributed by atoms with Gasteiger partial charge in [0.1, 0.15) is 4.90 Å². The van der Waals surface area contributed by atoms with Crippen LogP contribution in [0.5, 0.6) is 5.75 Å². The molecule has 0 saturated carbocycles. The summed E-state index contributed by atoms with van der Waals surface area (Å²) >= 11 is 0. The first-order valence-corrected chi connectivity index (χ1v) is 5.59. The molecular weight excluding hydrogens is 257 g/mol. The highest BCUT2D eigenvalue weighted by Gasteiger charge is 2.20. The summed E-state index contributed by atoms with van der Waals surface area (Å²) in [6.45, 7) is -0.323. The Labute approximate surface area is 96.1 Å². The fraction of sp³-hybridized carbons (Fsp3) is 0.250. The van der Waals surface area contributed by atoms with E-state index in [-0.39, 0.29) is 12.5 Å².